The summed E-state index contributed by atoms with van der Waals surface area (Å²) in [5.41, 5.74) is 1.53. The third kappa shape index (κ3) is 6.26. The number of nitrogens with zero attached hydrogens (tertiary/aromatic N) is 1. The van der Waals surface area contributed by atoms with Gasteiger partial charge in [-0.1, -0.05) is 47.8 Å². The summed E-state index contributed by atoms with van der Waals surface area (Å²) >= 11 is 18.3. The van der Waals surface area contributed by atoms with Gasteiger partial charge in [0.2, 0.25) is 5.91 Å². The molecular weight excluding hydrogens is 435 g/mol. The molecule has 2 rings (SSSR count). The number of ether oxygens (including phenoxy) is 1. The van der Waals surface area contributed by atoms with Crippen LogP contribution in [0.5, 0.6) is 5.75 Å². The van der Waals surface area contributed by atoms with Crippen molar-refractivity contribution >= 4 is 46.6 Å². The van der Waals surface area contributed by atoms with Crippen LogP contribution in [0.4, 0.5) is 0 Å². The van der Waals surface area contributed by atoms with E-state index in [1.807, 2.05) is 13.8 Å². The molecule has 0 radical (unpaired) electrons. The molecule has 0 heterocycles. The molecule has 0 aliphatic rings. The smallest absolute Gasteiger partial charge is 0.261 e. The second-order valence-electron chi connectivity index (χ2n) is 6.50. The Morgan fingerprint density at radius 2 is 1.83 bits per heavy atom. The highest BCUT2D eigenvalue weighted by Crippen LogP contribution is 2.24. The lowest BCUT2D eigenvalue weighted by Gasteiger charge is -2.30. The second-order valence-corrected chi connectivity index (χ2v) is 7.75. The Morgan fingerprint density at radius 3 is 2.41 bits per heavy atom. The highest BCUT2D eigenvalue weighted by atomic mass is 35.5. The van der Waals surface area contributed by atoms with Crippen molar-refractivity contribution in [3.8, 4) is 5.75 Å². The zero-order chi connectivity index (χ0) is 21.6. The van der Waals surface area contributed by atoms with E-state index in [-0.39, 0.29) is 25.0 Å². The fraction of sp³-hybridized carbons (Fsp3) is 0.333. The molecule has 156 valence electrons. The molecule has 8 heteroatoms. The molecule has 0 spiro atoms. The third-order valence-electron chi connectivity index (χ3n) is 4.48. The van der Waals surface area contributed by atoms with Gasteiger partial charge < -0.3 is 15.0 Å². The van der Waals surface area contributed by atoms with Gasteiger partial charge in [-0.15, -0.1) is 0 Å². The van der Waals surface area contributed by atoms with E-state index >= 15 is 0 Å². The predicted octanol–water partition coefficient (Wildman–Crippen LogP) is 4.89. The SMILES string of the molecule is CC[C@H](C(=O)NC)N(Cc1ccc(Cl)cc1Cl)C(=O)COc1ccc(Cl)c(C)c1. The van der Waals surface area contributed by atoms with Gasteiger partial charge in [0.05, 0.1) is 0 Å². The number of aryl methyl sites for hydroxylation is 1. The summed E-state index contributed by atoms with van der Waals surface area (Å²) < 4.78 is 5.64. The minimum atomic E-state index is -0.658. The van der Waals surface area contributed by atoms with E-state index in [9.17, 15) is 9.59 Å². The van der Waals surface area contributed by atoms with E-state index in [4.69, 9.17) is 39.5 Å². The molecule has 2 aromatic carbocycles. The van der Waals surface area contributed by atoms with Gasteiger partial charge in [-0.25, -0.2) is 0 Å². The molecule has 0 fully saturated rings. The van der Waals surface area contributed by atoms with Crippen LogP contribution in [-0.2, 0) is 16.1 Å². The van der Waals surface area contributed by atoms with Gasteiger partial charge in [0.1, 0.15) is 11.8 Å². The van der Waals surface area contributed by atoms with Gasteiger partial charge in [0, 0.05) is 28.7 Å². The van der Waals surface area contributed by atoms with Crippen molar-refractivity contribution in [1.82, 2.24) is 10.2 Å². The normalized spacial score (nSPS) is 11.7. The van der Waals surface area contributed by atoms with Crippen molar-refractivity contribution in [2.24, 2.45) is 0 Å². The molecule has 0 saturated heterocycles. The first kappa shape index (κ1) is 23.3. The Bertz CT molecular complexity index is 889. The summed E-state index contributed by atoms with van der Waals surface area (Å²) in [6.07, 6.45) is 0.441. The second kappa shape index (κ2) is 10.7. The highest BCUT2D eigenvalue weighted by Gasteiger charge is 2.28. The number of halogens is 3. The molecule has 0 bridgehead atoms. The summed E-state index contributed by atoms with van der Waals surface area (Å²) in [6.45, 7) is 3.63. The average molecular weight is 458 g/mol. The molecule has 1 atom stereocenters. The topological polar surface area (TPSA) is 58.6 Å². The molecule has 0 aliphatic carbocycles. The molecule has 1 N–H and O–H groups in total. The van der Waals surface area contributed by atoms with Crippen molar-refractivity contribution < 1.29 is 14.3 Å². The predicted molar refractivity (Wildman–Crippen MR) is 117 cm³/mol. The van der Waals surface area contributed by atoms with Gasteiger partial charge in [-0.3, -0.25) is 9.59 Å². The molecule has 2 amide bonds. The number of rotatable bonds is 8. The minimum absolute atomic E-state index is 0.157. The molecule has 0 unspecified atom stereocenters. The minimum Gasteiger partial charge on any atom is -0.484 e. The molecular formula is C21H23Cl3N2O3. The van der Waals surface area contributed by atoms with Crippen LogP contribution in [0.1, 0.15) is 24.5 Å². The Balaban J connectivity index is 2.23. The van der Waals surface area contributed by atoms with Crippen LogP contribution in [0, 0.1) is 6.92 Å². The lowest BCUT2D eigenvalue weighted by molar-refractivity contribution is -0.142. The summed E-state index contributed by atoms with van der Waals surface area (Å²) in [7, 11) is 1.54. The maximum atomic E-state index is 13.0. The van der Waals surface area contributed by atoms with Crippen LogP contribution >= 0.6 is 34.8 Å². The molecule has 0 aliphatic heterocycles. The van der Waals surface area contributed by atoms with Gasteiger partial charge >= 0.3 is 0 Å². The summed E-state index contributed by atoms with van der Waals surface area (Å²) in [4.78, 5) is 26.8. The van der Waals surface area contributed by atoms with Crippen molar-refractivity contribution in [1.29, 1.82) is 0 Å². The maximum Gasteiger partial charge on any atom is 0.261 e. The first-order valence-electron chi connectivity index (χ1n) is 9.10. The van der Waals surface area contributed by atoms with Gasteiger partial charge in [0.25, 0.3) is 5.91 Å². The molecule has 0 saturated carbocycles. The standard InChI is InChI=1S/C21H23Cl3N2O3/c1-4-19(21(28)25-3)26(11-14-5-6-15(22)10-18(14)24)20(27)12-29-16-7-8-17(23)13(2)9-16/h5-10,19H,4,11-12H2,1-3H3,(H,25,28)/t19-/m1/s1. The average Bonchev–Trinajstić information content (AvgIpc) is 2.69. The largest absolute Gasteiger partial charge is 0.484 e. The molecule has 29 heavy (non-hydrogen) atoms. The Morgan fingerprint density at radius 1 is 1.10 bits per heavy atom. The van der Waals surface area contributed by atoms with Crippen molar-refractivity contribution in [3.05, 3.63) is 62.6 Å². The molecule has 2 aromatic rings. The lowest BCUT2D eigenvalue weighted by atomic mass is 10.1. The highest BCUT2D eigenvalue weighted by molar-refractivity contribution is 6.35. The molecule has 0 aromatic heterocycles. The van der Waals surface area contributed by atoms with Crippen molar-refractivity contribution in [2.75, 3.05) is 13.7 Å². The number of hydrogen-bond acceptors (Lipinski definition) is 3. The van der Waals surface area contributed by atoms with Crippen LogP contribution in [0.15, 0.2) is 36.4 Å². The Hall–Kier alpha value is -1.95. The van der Waals surface area contributed by atoms with E-state index < -0.39 is 6.04 Å². The van der Waals surface area contributed by atoms with Crippen LogP contribution in [0.2, 0.25) is 15.1 Å². The van der Waals surface area contributed by atoms with E-state index in [0.29, 0.717) is 32.8 Å². The van der Waals surface area contributed by atoms with Crippen molar-refractivity contribution in [2.45, 2.75) is 32.9 Å². The summed E-state index contributed by atoms with van der Waals surface area (Å²) in [6, 6.07) is 9.54. The monoisotopic (exact) mass is 456 g/mol. The van der Waals surface area contributed by atoms with E-state index in [1.165, 1.54) is 11.9 Å². The summed E-state index contributed by atoms with van der Waals surface area (Å²) in [5.74, 6) is -0.0648. The zero-order valence-electron chi connectivity index (χ0n) is 16.5. The summed E-state index contributed by atoms with van der Waals surface area (Å²) in [5, 5.41) is 4.15. The van der Waals surface area contributed by atoms with Gasteiger partial charge in [0.15, 0.2) is 6.61 Å². The number of carbonyl (C=O) groups is 2. The Labute approximate surface area is 185 Å². The number of likely N-dealkylation sites (N-methyl/N-ethyl adjacent to an activating group) is 1. The number of carbonyl (C=O) groups excluding carboxylic acids is 2. The lowest BCUT2D eigenvalue weighted by Crippen LogP contribution is -2.49. The van der Waals surface area contributed by atoms with Gasteiger partial charge in [-0.05, 0) is 54.8 Å². The number of benzene rings is 2. The van der Waals surface area contributed by atoms with E-state index in [2.05, 4.69) is 5.32 Å². The number of hydrogen-bond donors (Lipinski definition) is 1. The first-order valence-corrected chi connectivity index (χ1v) is 10.2. The third-order valence-corrected chi connectivity index (χ3v) is 5.49. The van der Waals surface area contributed by atoms with Crippen LogP contribution in [0.25, 0.3) is 0 Å². The fourth-order valence-corrected chi connectivity index (χ4v) is 3.44. The fourth-order valence-electron chi connectivity index (χ4n) is 2.85. The van der Waals surface area contributed by atoms with E-state index in [0.717, 1.165) is 5.56 Å². The van der Waals surface area contributed by atoms with Crippen LogP contribution < -0.4 is 10.1 Å². The molecule has 5 nitrogen and oxygen atoms in total. The maximum absolute atomic E-state index is 13.0. The number of amides is 2. The van der Waals surface area contributed by atoms with Crippen LogP contribution in [0.3, 0.4) is 0 Å². The van der Waals surface area contributed by atoms with Crippen molar-refractivity contribution in [3.63, 3.8) is 0 Å². The van der Waals surface area contributed by atoms with Gasteiger partial charge in [-0.2, -0.15) is 0 Å². The first-order chi connectivity index (χ1) is 13.8. The van der Waals surface area contributed by atoms with Crippen LogP contribution in [-0.4, -0.2) is 36.4 Å². The Kier molecular flexibility index (Phi) is 8.62. The van der Waals surface area contributed by atoms with E-state index in [1.54, 1.807) is 36.4 Å². The zero-order valence-corrected chi connectivity index (χ0v) is 18.7. The quantitative estimate of drug-likeness (QED) is 0.614. The number of nitrogens with one attached hydrogen (secondary N) is 1.